The number of nitrogens with one attached hydrogen (secondary N) is 2. The second kappa shape index (κ2) is 12.6. The van der Waals surface area contributed by atoms with Gasteiger partial charge in [0, 0.05) is 23.8 Å². The third kappa shape index (κ3) is 7.07. The van der Waals surface area contributed by atoms with E-state index >= 15 is 0 Å². The minimum atomic E-state index is -0.544. The fourth-order valence-electron chi connectivity index (χ4n) is 3.71. The molecule has 0 spiro atoms. The maximum Gasteiger partial charge on any atom is 0.407 e. The van der Waals surface area contributed by atoms with Crippen molar-refractivity contribution in [3.05, 3.63) is 70.7 Å². The van der Waals surface area contributed by atoms with Crippen LogP contribution < -0.4 is 10.6 Å². The van der Waals surface area contributed by atoms with Crippen LogP contribution in [0.1, 0.15) is 48.0 Å². The summed E-state index contributed by atoms with van der Waals surface area (Å²) in [7, 11) is 0. The highest BCUT2D eigenvalue weighted by Crippen LogP contribution is 2.38. The molecule has 10 heteroatoms. The predicted molar refractivity (Wildman–Crippen MR) is 132 cm³/mol. The first-order valence-electron chi connectivity index (χ1n) is 11.3. The minimum absolute atomic E-state index is 0.187. The Morgan fingerprint density at radius 3 is 2.94 bits per heavy atom. The van der Waals surface area contributed by atoms with E-state index in [2.05, 4.69) is 35.0 Å². The summed E-state index contributed by atoms with van der Waals surface area (Å²) in [5.74, 6) is 0.832. The number of aromatic nitrogens is 1. The van der Waals surface area contributed by atoms with Gasteiger partial charge in [-0.3, -0.25) is 4.79 Å². The molecule has 0 aromatic carbocycles. The molecular weight excluding hydrogens is 468 g/mol. The Bertz CT molecular complexity index is 1140. The number of ether oxygens (including phenoxy) is 2. The lowest BCUT2D eigenvalue weighted by molar-refractivity contribution is -0.116. The first-order valence-corrected chi connectivity index (χ1v) is 12.1. The van der Waals surface area contributed by atoms with Crippen LogP contribution in [0, 0.1) is 11.3 Å². The van der Waals surface area contributed by atoms with Gasteiger partial charge in [-0.15, -0.1) is 11.3 Å². The zero-order valence-corrected chi connectivity index (χ0v) is 20.4. The van der Waals surface area contributed by atoms with Gasteiger partial charge in [-0.25, -0.2) is 4.79 Å². The molecule has 1 unspecified atom stereocenters. The molecule has 0 fully saturated rings. The average Bonchev–Trinajstić information content (AvgIpc) is 3.47. The van der Waals surface area contributed by atoms with E-state index in [1.54, 1.807) is 18.2 Å². The van der Waals surface area contributed by atoms with Crippen LogP contribution in [-0.4, -0.2) is 29.9 Å². The van der Waals surface area contributed by atoms with E-state index in [4.69, 9.17) is 14.0 Å². The topological polar surface area (TPSA) is 126 Å². The lowest BCUT2D eigenvalue weighted by Crippen LogP contribution is -2.31. The molecule has 0 aliphatic heterocycles. The molecular formula is C25H28N4O5S. The molecule has 9 nitrogen and oxygen atoms in total. The van der Waals surface area contributed by atoms with Crippen molar-refractivity contribution in [2.45, 2.75) is 51.7 Å². The first kappa shape index (κ1) is 25.8. The highest BCUT2D eigenvalue weighted by atomic mass is 32.1. The van der Waals surface area contributed by atoms with Crippen LogP contribution in [0.25, 0.3) is 0 Å². The van der Waals surface area contributed by atoms with E-state index in [9.17, 15) is 14.9 Å². The summed E-state index contributed by atoms with van der Waals surface area (Å²) < 4.78 is 15.9. The molecule has 184 valence electrons. The number of rotatable bonds is 11. The minimum Gasteiger partial charge on any atom is -0.494 e. The third-order valence-electron chi connectivity index (χ3n) is 5.37. The number of carbonyl (C=O) groups is 2. The van der Waals surface area contributed by atoms with E-state index in [0.29, 0.717) is 54.4 Å². The number of nitriles is 1. The van der Waals surface area contributed by atoms with Crippen LogP contribution in [-0.2, 0) is 33.7 Å². The van der Waals surface area contributed by atoms with E-state index < -0.39 is 6.09 Å². The fourth-order valence-corrected chi connectivity index (χ4v) is 4.99. The number of anilines is 1. The summed E-state index contributed by atoms with van der Waals surface area (Å²) in [5, 5.41) is 19.3. The second-order valence-corrected chi connectivity index (χ2v) is 8.86. The van der Waals surface area contributed by atoms with Gasteiger partial charge in [-0.05, 0) is 37.3 Å². The van der Waals surface area contributed by atoms with Crippen LogP contribution in [0.4, 0.5) is 9.80 Å². The molecule has 1 atom stereocenters. The Morgan fingerprint density at radius 1 is 1.43 bits per heavy atom. The average molecular weight is 497 g/mol. The largest absolute Gasteiger partial charge is 0.494 e. The Labute approximate surface area is 208 Å². The number of amides is 2. The van der Waals surface area contributed by atoms with Crippen molar-refractivity contribution >= 4 is 28.3 Å². The zero-order valence-electron chi connectivity index (χ0n) is 19.6. The summed E-state index contributed by atoms with van der Waals surface area (Å²) in [5.41, 5.74) is 2.18. The lowest BCUT2D eigenvalue weighted by atomic mass is 9.94. The molecule has 35 heavy (non-hydrogen) atoms. The molecule has 1 aliphatic carbocycles. The van der Waals surface area contributed by atoms with E-state index in [-0.39, 0.29) is 25.0 Å². The molecule has 2 amide bonds. The molecule has 1 aliphatic rings. The summed E-state index contributed by atoms with van der Waals surface area (Å²) >= 11 is 1.35. The number of nitrogens with zero attached hydrogens (tertiary/aromatic N) is 2. The molecule has 2 aromatic rings. The Hall–Kier alpha value is -3.84. The smallest absolute Gasteiger partial charge is 0.407 e. The van der Waals surface area contributed by atoms with Crippen molar-refractivity contribution in [3.63, 3.8) is 0 Å². The van der Waals surface area contributed by atoms with Gasteiger partial charge in [-0.2, -0.15) is 5.26 Å². The Kier molecular flexibility index (Phi) is 9.26. The van der Waals surface area contributed by atoms with Gasteiger partial charge in [0.2, 0.25) is 5.91 Å². The fraction of sp³-hybridized carbons (Fsp3) is 0.360. The number of hydrogen-bond acceptors (Lipinski definition) is 8. The van der Waals surface area contributed by atoms with Crippen molar-refractivity contribution in [2.24, 2.45) is 0 Å². The highest BCUT2D eigenvalue weighted by molar-refractivity contribution is 7.16. The van der Waals surface area contributed by atoms with Crippen molar-refractivity contribution in [2.75, 3.05) is 11.9 Å². The van der Waals surface area contributed by atoms with Gasteiger partial charge in [0.15, 0.2) is 5.76 Å². The zero-order chi connectivity index (χ0) is 25.2. The monoisotopic (exact) mass is 496 g/mol. The molecule has 0 saturated heterocycles. The quantitative estimate of drug-likeness (QED) is 0.339. The molecule has 0 bridgehead atoms. The number of allylic oxidation sites excluding steroid dienone is 3. The standard InChI is InChI=1S/C25H28N4O5S/c1-4-6-17(16(3)32-5-2)7-10-23(30)29-24-21(14-26)20-9-8-18(13-22(20)35-24)33-25(31)27-15-19-11-12-28-34-19/h4,6,11-12,18H,1,3,5,7-10,13,15H2,2H3,(H,27,31)(H,29,30)/b17-6-. The van der Waals surface area contributed by atoms with Crippen molar-refractivity contribution in [1.29, 1.82) is 5.26 Å². The van der Waals surface area contributed by atoms with Crippen LogP contribution in [0.3, 0.4) is 0 Å². The number of carbonyl (C=O) groups excluding carboxylic acids is 2. The van der Waals surface area contributed by atoms with Crippen LogP contribution >= 0.6 is 11.3 Å². The Morgan fingerprint density at radius 2 is 2.26 bits per heavy atom. The van der Waals surface area contributed by atoms with E-state index in [1.807, 2.05) is 6.92 Å². The van der Waals surface area contributed by atoms with Crippen LogP contribution in [0.15, 0.2) is 53.4 Å². The molecule has 3 rings (SSSR count). The van der Waals surface area contributed by atoms with Crippen molar-refractivity contribution in [3.8, 4) is 6.07 Å². The molecule has 0 radical (unpaired) electrons. The lowest BCUT2D eigenvalue weighted by Gasteiger charge is -2.22. The van der Waals surface area contributed by atoms with Crippen LogP contribution in [0.2, 0.25) is 0 Å². The number of alkyl carbamates (subject to hydrolysis) is 1. The molecule has 2 N–H and O–H groups in total. The number of hydrogen-bond donors (Lipinski definition) is 2. The number of thiophene rings is 1. The SMILES string of the molecule is C=C/C=C(/CCC(=O)Nc1sc2c(c1C#N)CCC(OC(=O)NCc1ccno1)C2)C(=C)OCC. The van der Waals surface area contributed by atoms with Gasteiger partial charge >= 0.3 is 6.09 Å². The summed E-state index contributed by atoms with van der Waals surface area (Å²) in [6.07, 6.45) is 6.35. The molecule has 2 aromatic heterocycles. The third-order valence-corrected chi connectivity index (χ3v) is 6.54. The van der Waals surface area contributed by atoms with Gasteiger partial charge in [0.05, 0.1) is 24.9 Å². The van der Waals surface area contributed by atoms with Gasteiger partial charge < -0.3 is 24.6 Å². The van der Waals surface area contributed by atoms with Crippen molar-refractivity contribution in [1.82, 2.24) is 10.5 Å². The van der Waals surface area contributed by atoms with Gasteiger partial charge in [-0.1, -0.05) is 30.5 Å². The summed E-state index contributed by atoms with van der Waals surface area (Å²) in [6, 6.07) is 3.88. The molecule has 2 heterocycles. The summed E-state index contributed by atoms with van der Waals surface area (Å²) in [4.78, 5) is 25.7. The van der Waals surface area contributed by atoms with Gasteiger partial charge in [0.25, 0.3) is 0 Å². The van der Waals surface area contributed by atoms with E-state index in [1.165, 1.54) is 17.5 Å². The summed E-state index contributed by atoms with van der Waals surface area (Å²) in [6.45, 7) is 10.1. The van der Waals surface area contributed by atoms with Crippen molar-refractivity contribution < 1.29 is 23.6 Å². The van der Waals surface area contributed by atoms with Crippen LogP contribution in [0.5, 0.6) is 0 Å². The highest BCUT2D eigenvalue weighted by Gasteiger charge is 2.28. The maximum absolute atomic E-state index is 12.6. The maximum atomic E-state index is 12.6. The van der Waals surface area contributed by atoms with E-state index in [0.717, 1.165) is 16.0 Å². The number of fused-ring (bicyclic) bond motifs is 1. The predicted octanol–water partition coefficient (Wildman–Crippen LogP) is 4.77. The second-order valence-electron chi connectivity index (χ2n) is 7.75. The molecule has 0 saturated carbocycles. The first-order chi connectivity index (χ1) is 16.9. The normalized spacial score (nSPS) is 14.9. The van der Waals surface area contributed by atoms with Gasteiger partial charge in [0.1, 0.15) is 22.9 Å². The Balaban J connectivity index is 1.57.